The second kappa shape index (κ2) is 9.19. The van der Waals surface area contributed by atoms with Crippen LogP contribution in [0, 0.1) is 23.2 Å². The molecular weight excluding hydrogens is 368 g/mol. The van der Waals surface area contributed by atoms with Crippen molar-refractivity contribution >= 4 is 22.8 Å². The average molecular weight is 396 g/mol. The quantitative estimate of drug-likeness (QED) is 0.692. The zero-order valence-electron chi connectivity index (χ0n) is 17.5. The van der Waals surface area contributed by atoms with Crippen molar-refractivity contribution in [2.45, 2.75) is 39.2 Å². The summed E-state index contributed by atoms with van der Waals surface area (Å²) in [6.07, 6.45) is 0.695. The van der Waals surface area contributed by atoms with Crippen molar-refractivity contribution < 1.29 is 14.3 Å². The normalized spacial score (nSPS) is 21.4. The summed E-state index contributed by atoms with van der Waals surface area (Å²) in [6, 6.07) is 9.60. The van der Waals surface area contributed by atoms with Gasteiger partial charge in [0, 0.05) is 20.2 Å². The van der Waals surface area contributed by atoms with E-state index in [0.717, 1.165) is 25.0 Å². The number of anilines is 1. The van der Waals surface area contributed by atoms with Crippen LogP contribution in [0.1, 0.15) is 38.8 Å². The number of nitriles is 1. The van der Waals surface area contributed by atoms with Crippen molar-refractivity contribution in [2.75, 3.05) is 31.7 Å². The lowest BCUT2D eigenvalue weighted by atomic mass is 9.91. The zero-order valence-corrected chi connectivity index (χ0v) is 17.5. The molecule has 0 radical (unpaired) electrons. The molecule has 1 fully saturated rings. The molecule has 1 aliphatic heterocycles. The van der Waals surface area contributed by atoms with Crippen LogP contribution in [-0.2, 0) is 14.3 Å². The lowest BCUT2D eigenvalue weighted by molar-refractivity contribution is -0.150. The molecule has 0 N–H and O–H groups in total. The average Bonchev–Trinajstić information content (AvgIpc) is 2.67. The van der Waals surface area contributed by atoms with Crippen molar-refractivity contribution in [2.24, 2.45) is 11.8 Å². The van der Waals surface area contributed by atoms with Crippen LogP contribution in [0.3, 0.4) is 0 Å². The molecule has 0 unspecified atom stereocenters. The number of piperidine rings is 1. The molecule has 3 rings (SSSR count). The van der Waals surface area contributed by atoms with E-state index in [1.165, 1.54) is 7.11 Å². The third-order valence-corrected chi connectivity index (χ3v) is 5.10. The number of para-hydroxylation sites is 2. The maximum Gasteiger partial charge on any atom is 0.330 e. The SMILES string of the molecule is COC[C@H](C)OC(=O)[C@@H](C#N)c1nc2ccccc2nc1N1C[C@@H](C)C[C@H](C)C1. The molecular formula is C22H28N4O3. The minimum Gasteiger partial charge on any atom is -0.459 e. The van der Waals surface area contributed by atoms with Crippen LogP contribution in [0.5, 0.6) is 0 Å². The van der Waals surface area contributed by atoms with Gasteiger partial charge in [0.2, 0.25) is 0 Å². The van der Waals surface area contributed by atoms with Gasteiger partial charge in [0.1, 0.15) is 11.8 Å². The van der Waals surface area contributed by atoms with Crippen LogP contribution in [0.4, 0.5) is 5.82 Å². The number of benzene rings is 1. The summed E-state index contributed by atoms with van der Waals surface area (Å²) >= 11 is 0. The van der Waals surface area contributed by atoms with E-state index in [9.17, 15) is 10.1 Å². The number of hydrogen-bond donors (Lipinski definition) is 0. The van der Waals surface area contributed by atoms with Crippen molar-refractivity contribution in [3.63, 3.8) is 0 Å². The summed E-state index contributed by atoms with van der Waals surface area (Å²) in [5.41, 5.74) is 1.76. The fourth-order valence-electron chi connectivity index (χ4n) is 4.03. The molecule has 2 aromatic rings. The highest BCUT2D eigenvalue weighted by atomic mass is 16.6. The van der Waals surface area contributed by atoms with Crippen LogP contribution >= 0.6 is 0 Å². The summed E-state index contributed by atoms with van der Waals surface area (Å²) in [7, 11) is 1.54. The van der Waals surface area contributed by atoms with Gasteiger partial charge in [-0.25, -0.2) is 9.97 Å². The topological polar surface area (TPSA) is 88.3 Å². The Labute approximate surface area is 171 Å². The molecule has 4 atom stereocenters. The fraction of sp³-hybridized carbons (Fsp3) is 0.545. The molecule has 1 aliphatic rings. The molecule has 0 aliphatic carbocycles. The smallest absolute Gasteiger partial charge is 0.330 e. The molecule has 0 amide bonds. The number of ether oxygens (including phenoxy) is 2. The molecule has 0 bridgehead atoms. The van der Waals surface area contributed by atoms with E-state index < -0.39 is 18.0 Å². The molecule has 1 saturated heterocycles. The van der Waals surface area contributed by atoms with Crippen molar-refractivity contribution in [3.8, 4) is 6.07 Å². The first-order valence-electron chi connectivity index (χ1n) is 10.0. The second-order valence-electron chi connectivity index (χ2n) is 8.04. The van der Waals surface area contributed by atoms with Gasteiger partial charge in [-0.3, -0.25) is 4.79 Å². The van der Waals surface area contributed by atoms with Gasteiger partial charge in [0.15, 0.2) is 11.7 Å². The lowest BCUT2D eigenvalue weighted by Gasteiger charge is -2.36. The number of nitrogens with zero attached hydrogens (tertiary/aromatic N) is 4. The summed E-state index contributed by atoms with van der Waals surface area (Å²) < 4.78 is 10.4. The number of aromatic nitrogens is 2. The van der Waals surface area contributed by atoms with E-state index in [1.54, 1.807) is 6.92 Å². The van der Waals surface area contributed by atoms with Crippen LogP contribution < -0.4 is 4.90 Å². The Morgan fingerprint density at radius 3 is 2.45 bits per heavy atom. The highest BCUT2D eigenvalue weighted by Gasteiger charge is 2.33. The molecule has 1 aromatic carbocycles. The van der Waals surface area contributed by atoms with E-state index in [4.69, 9.17) is 14.5 Å². The summed E-state index contributed by atoms with van der Waals surface area (Å²) in [5, 5.41) is 9.82. The third kappa shape index (κ3) is 4.83. The Kier molecular flexibility index (Phi) is 6.65. The Morgan fingerprint density at radius 2 is 1.86 bits per heavy atom. The molecule has 2 heterocycles. The number of esters is 1. The first-order chi connectivity index (χ1) is 13.9. The maximum atomic E-state index is 12.8. The van der Waals surface area contributed by atoms with Crippen molar-refractivity contribution in [1.29, 1.82) is 5.26 Å². The zero-order chi connectivity index (χ0) is 21.0. The first kappa shape index (κ1) is 21.0. The molecule has 1 aromatic heterocycles. The van der Waals surface area contributed by atoms with Gasteiger partial charge in [0.05, 0.1) is 23.7 Å². The number of methoxy groups -OCH3 is 1. The minimum atomic E-state index is -1.14. The third-order valence-electron chi connectivity index (χ3n) is 5.10. The molecule has 0 spiro atoms. The molecule has 154 valence electrons. The number of rotatable bonds is 6. The summed E-state index contributed by atoms with van der Waals surface area (Å²) in [5.74, 6) is -0.178. The van der Waals surface area contributed by atoms with Gasteiger partial charge >= 0.3 is 5.97 Å². The van der Waals surface area contributed by atoms with Gasteiger partial charge in [0.25, 0.3) is 0 Å². The molecule has 0 saturated carbocycles. The van der Waals surface area contributed by atoms with Gasteiger partial charge in [-0.2, -0.15) is 5.26 Å². The Morgan fingerprint density at radius 1 is 1.24 bits per heavy atom. The Hall–Kier alpha value is -2.72. The standard InChI is InChI=1S/C22H28N4O3/c1-14-9-15(2)12-26(11-14)21-20(24-18-7-5-6-8-19(18)25-21)17(10-23)22(27)29-16(3)13-28-4/h5-8,14-17H,9,11-13H2,1-4H3/t14-,15-,16-,17-/m0/s1. The van der Waals surface area contributed by atoms with Crippen LogP contribution in [-0.4, -0.2) is 48.8 Å². The second-order valence-corrected chi connectivity index (χ2v) is 8.04. The largest absolute Gasteiger partial charge is 0.459 e. The van der Waals surface area contributed by atoms with Crippen LogP contribution in [0.2, 0.25) is 0 Å². The molecule has 7 nitrogen and oxygen atoms in total. The number of carbonyl (C=O) groups is 1. The predicted octanol–water partition coefficient (Wildman–Crippen LogP) is 3.30. The number of hydrogen-bond acceptors (Lipinski definition) is 7. The van der Waals surface area contributed by atoms with Gasteiger partial charge in [-0.15, -0.1) is 0 Å². The highest BCUT2D eigenvalue weighted by molar-refractivity contribution is 5.85. The lowest BCUT2D eigenvalue weighted by Crippen LogP contribution is -2.40. The van der Waals surface area contributed by atoms with Crippen LogP contribution in [0.15, 0.2) is 24.3 Å². The summed E-state index contributed by atoms with van der Waals surface area (Å²) in [4.78, 5) is 24.4. The van der Waals surface area contributed by atoms with E-state index in [0.29, 0.717) is 28.9 Å². The van der Waals surface area contributed by atoms with E-state index in [1.807, 2.05) is 24.3 Å². The highest BCUT2D eigenvalue weighted by Crippen LogP contribution is 2.32. The van der Waals surface area contributed by atoms with Gasteiger partial charge in [-0.05, 0) is 37.3 Å². The Balaban J connectivity index is 2.04. The van der Waals surface area contributed by atoms with Gasteiger partial charge < -0.3 is 14.4 Å². The minimum absolute atomic E-state index is 0.265. The van der Waals surface area contributed by atoms with Crippen molar-refractivity contribution in [3.05, 3.63) is 30.0 Å². The van der Waals surface area contributed by atoms with Gasteiger partial charge in [-0.1, -0.05) is 26.0 Å². The predicted molar refractivity (Wildman–Crippen MR) is 110 cm³/mol. The number of carbonyl (C=O) groups excluding carboxylic acids is 1. The van der Waals surface area contributed by atoms with E-state index in [-0.39, 0.29) is 6.61 Å². The molecule has 29 heavy (non-hydrogen) atoms. The monoisotopic (exact) mass is 396 g/mol. The van der Waals surface area contributed by atoms with Crippen LogP contribution in [0.25, 0.3) is 11.0 Å². The Bertz CT molecular complexity index is 901. The number of fused-ring (bicyclic) bond motifs is 1. The molecule has 7 heteroatoms. The van der Waals surface area contributed by atoms with E-state index >= 15 is 0 Å². The van der Waals surface area contributed by atoms with Crippen molar-refractivity contribution in [1.82, 2.24) is 9.97 Å². The van der Waals surface area contributed by atoms with E-state index in [2.05, 4.69) is 29.8 Å². The first-order valence-corrected chi connectivity index (χ1v) is 10.0. The summed E-state index contributed by atoms with van der Waals surface area (Å²) in [6.45, 7) is 8.05. The fourth-order valence-corrected chi connectivity index (χ4v) is 4.03. The maximum absolute atomic E-state index is 12.8.